The minimum atomic E-state index is -0.402. The first-order valence-corrected chi connectivity index (χ1v) is 10.3. The van der Waals surface area contributed by atoms with Crippen LogP contribution in [0, 0.1) is 0 Å². The highest BCUT2D eigenvalue weighted by molar-refractivity contribution is 4.68. The van der Waals surface area contributed by atoms with Gasteiger partial charge in [0.05, 0.1) is 24.4 Å². The first-order valence-electron chi connectivity index (χ1n) is 10.3. The normalized spacial score (nSPS) is 16.7. The average molecular weight is 393 g/mol. The smallest absolute Gasteiger partial charge is 0.0664 e. The molecule has 0 saturated carbocycles. The second kappa shape index (κ2) is 16.6. The molecule has 8 nitrogen and oxygen atoms in total. The molecule has 0 saturated heterocycles. The fourth-order valence-corrected chi connectivity index (χ4v) is 2.96. The van der Waals surface area contributed by atoms with Gasteiger partial charge in [-0.15, -0.1) is 0 Å². The monoisotopic (exact) mass is 392 g/mol. The Morgan fingerprint density at radius 1 is 0.630 bits per heavy atom. The number of nitrogens with zero attached hydrogens (tertiary/aromatic N) is 2. The van der Waals surface area contributed by atoms with Crippen molar-refractivity contribution in [3.8, 4) is 0 Å². The summed E-state index contributed by atoms with van der Waals surface area (Å²) in [6, 6.07) is 0. The van der Waals surface area contributed by atoms with Crippen LogP contribution < -0.4 is 10.6 Å². The Morgan fingerprint density at radius 2 is 1.00 bits per heavy atom. The molecule has 0 radical (unpaired) electrons. The topological polar surface area (TPSA) is 111 Å². The molecule has 0 aliphatic heterocycles. The zero-order valence-corrected chi connectivity index (χ0v) is 17.8. The Kier molecular flexibility index (Phi) is 16.4. The molecule has 0 aromatic carbocycles. The van der Waals surface area contributed by atoms with Gasteiger partial charge >= 0.3 is 0 Å². The Labute approximate surface area is 165 Å². The second-order valence-corrected chi connectivity index (χ2v) is 7.63. The third-order valence-electron chi connectivity index (χ3n) is 4.20. The fraction of sp³-hybridized carbons (Fsp3) is 1.00. The largest absolute Gasteiger partial charge is 0.392 e. The van der Waals surface area contributed by atoms with Crippen molar-refractivity contribution in [1.82, 2.24) is 20.4 Å². The molecule has 164 valence electrons. The van der Waals surface area contributed by atoms with Gasteiger partial charge in [0.15, 0.2) is 0 Å². The first kappa shape index (κ1) is 26.7. The number of rotatable bonds is 18. The van der Waals surface area contributed by atoms with Gasteiger partial charge < -0.3 is 31.1 Å². The molecule has 0 bridgehead atoms. The van der Waals surface area contributed by atoms with E-state index in [9.17, 15) is 20.4 Å². The molecule has 6 N–H and O–H groups in total. The van der Waals surface area contributed by atoms with Gasteiger partial charge in [-0.1, -0.05) is 6.92 Å². The highest BCUT2D eigenvalue weighted by Crippen LogP contribution is 1.98. The molecule has 0 amide bonds. The summed E-state index contributed by atoms with van der Waals surface area (Å²) in [6.07, 6.45) is -0.838. The minimum absolute atomic E-state index is 0.350. The van der Waals surface area contributed by atoms with Gasteiger partial charge in [-0.05, 0) is 27.2 Å². The zero-order chi connectivity index (χ0) is 20.7. The molecule has 4 atom stereocenters. The van der Waals surface area contributed by atoms with Crippen molar-refractivity contribution in [2.45, 2.75) is 58.5 Å². The quantitative estimate of drug-likeness (QED) is 0.159. The van der Waals surface area contributed by atoms with Crippen LogP contribution in [0.3, 0.4) is 0 Å². The third kappa shape index (κ3) is 17.5. The first-order chi connectivity index (χ1) is 12.7. The van der Waals surface area contributed by atoms with Gasteiger partial charge in [0, 0.05) is 65.4 Å². The lowest BCUT2D eigenvalue weighted by atomic mass is 10.2. The molecule has 0 rings (SSSR count). The van der Waals surface area contributed by atoms with Gasteiger partial charge in [0.25, 0.3) is 0 Å². The molecule has 8 heteroatoms. The molecule has 0 aliphatic rings. The Morgan fingerprint density at radius 3 is 1.33 bits per heavy atom. The van der Waals surface area contributed by atoms with Crippen molar-refractivity contribution in [1.29, 1.82) is 0 Å². The highest BCUT2D eigenvalue weighted by Gasteiger charge is 2.12. The molecule has 0 heterocycles. The van der Waals surface area contributed by atoms with Gasteiger partial charge in [-0.25, -0.2) is 0 Å². The number of aliphatic hydroxyl groups is 4. The van der Waals surface area contributed by atoms with Crippen molar-refractivity contribution < 1.29 is 20.4 Å². The Balaban J connectivity index is 3.83. The van der Waals surface area contributed by atoms with E-state index in [-0.39, 0.29) is 6.10 Å². The van der Waals surface area contributed by atoms with Crippen LogP contribution in [-0.2, 0) is 0 Å². The molecule has 4 unspecified atom stereocenters. The minimum Gasteiger partial charge on any atom is -0.392 e. The van der Waals surface area contributed by atoms with E-state index in [1.807, 2.05) is 6.92 Å². The summed E-state index contributed by atoms with van der Waals surface area (Å²) >= 11 is 0. The van der Waals surface area contributed by atoms with Crippen LogP contribution in [-0.4, -0.2) is 120 Å². The number of hydrogen-bond acceptors (Lipinski definition) is 8. The standard InChI is InChI=1S/C19H44N4O4/c1-5-19(27)15-23(14-18(4)26)11-9-21-7-6-20-8-10-22(12-16(2)24)13-17(3)25/h16-21,24-27H,5-15H2,1-4H3. The summed E-state index contributed by atoms with van der Waals surface area (Å²) in [6.45, 7) is 14.4. The second-order valence-electron chi connectivity index (χ2n) is 7.63. The van der Waals surface area contributed by atoms with E-state index in [1.165, 1.54) is 0 Å². The number of hydrogen-bond donors (Lipinski definition) is 6. The molecule has 0 aliphatic carbocycles. The molecule has 27 heavy (non-hydrogen) atoms. The van der Waals surface area contributed by atoms with E-state index in [0.717, 1.165) is 45.7 Å². The predicted molar refractivity (Wildman–Crippen MR) is 110 cm³/mol. The van der Waals surface area contributed by atoms with Gasteiger partial charge in [-0.3, -0.25) is 9.80 Å². The number of aliphatic hydroxyl groups excluding tert-OH is 4. The Bertz CT molecular complexity index is 323. The van der Waals surface area contributed by atoms with Crippen molar-refractivity contribution in [2.75, 3.05) is 65.4 Å². The van der Waals surface area contributed by atoms with Crippen LogP contribution in [0.2, 0.25) is 0 Å². The number of nitrogens with one attached hydrogen (secondary N) is 2. The molecular weight excluding hydrogens is 348 g/mol. The van der Waals surface area contributed by atoms with Crippen molar-refractivity contribution in [2.24, 2.45) is 0 Å². The van der Waals surface area contributed by atoms with E-state index in [1.54, 1.807) is 20.8 Å². The van der Waals surface area contributed by atoms with Crippen molar-refractivity contribution in [3.63, 3.8) is 0 Å². The maximum absolute atomic E-state index is 9.81. The van der Waals surface area contributed by atoms with E-state index >= 15 is 0 Å². The molecule has 0 aromatic rings. The lowest BCUT2D eigenvalue weighted by Crippen LogP contribution is -2.43. The summed E-state index contributed by atoms with van der Waals surface area (Å²) < 4.78 is 0. The van der Waals surface area contributed by atoms with Gasteiger partial charge in [-0.2, -0.15) is 0 Å². The van der Waals surface area contributed by atoms with Crippen molar-refractivity contribution >= 4 is 0 Å². The molecular formula is C19H44N4O4. The summed E-state index contributed by atoms with van der Waals surface area (Å²) in [7, 11) is 0. The van der Waals surface area contributed by atoms with Crippen molar-refractivity contribution in [3.05, 3.63) is 0 Å². The summed E-state index contributed by atoms with van der Waals surface area (Å²) in [5.74, 6) is 0. The van der Waals surface area contributed by atoms with E-state index in [0.29, 0.717) is 26.2 Å². The summed E-state index contributed by atoms with van der Waals surface area (Å²) in [4.78, 5) is 4.14. The molecule has 0 spiro atoms. The lowest BCUT2D eigenvalue weighted by molar-refractivity contribution is 0.0747. The van der Waals surface area contributed by atoms with Crippen LogP contribution >= 0.6 is 0 Å². The lowest BCUT2D eigenvalue weighted by Gasteiger charge is -2.26. The summed E-state index contributed by atoms with van der Waals surface area (Å²) in [5, 5.41) is 45.1. The summed E-state index contributed by atoms with van der Waals surface area (Å²) in [5.41, 5.74) is 0. The zero-order valence-electron chi connectivity index (χ0n) is 17.8. The SMILES string of the molecule is CCC(O)CN(CCNCCNCCN(CC(C)O)CC(C)O)CC(C)O. The van der Waals surface area contributed by atoms with Crippen LogP contribution in [0.5, 0.6) is 0 Å². The van der Waals surface area contributed by atoms with Gasteiger partial charge in [0.2, 0.25) is 0 Å². The van der Waals surface area contributed by atoms with Crippen LogP contribution in [0.4, 0.5) is 0 Å². The van der Waals surface area contributed by atoms with Gasteiger partial charge in [0.1, 0.15) is 0 Å². The average Bonchev–Trinajstić information content (AvgIpc) is 2.55. The van der Waals surface area contributed by atoms with Crippen LogP contribution in [0.15, 0.2) is 0 Å². The Hall–Kier alpha value is -0.320. The maximum atomic E-state index is 9.81. The van der Waals surface area contributed by atoms with Crippen LogP contribution in [0.25, 0.3) is 0 Å². The predicted octanol–water partition coefficient (Wildman–Crippen LogP) is -1.32. The van der Waals surface area contributed by atoms with E-state index in [2.05, 4.69) is 20.4 Å². The van der Waals surface area contributed by atoms with E-state index < -0.39 is 18.3 Å². The molecule has 0 aromatic heterocycles. The van der Waals surface area contributed by atoms with Crippen LogP contribution in [0.1, 0.15) is 34.1 Å². The van der Waals surface area contributed by atoms with E-state index in [4.69, 9.17) is 0 Å². The third-order valence-corrected chi connectivity index (χ3v) is 4.20. The highest BCUT2D eigenvalue weighted by atomic mass is 16.3. The molecule has 0 fully saturated rings. The fourth-order valence-electron chi connectivity index (χ4n) is 2.96. The maximum Gasteiger partial charge on any atom is 0.0664 e.